The lowest BCUT2D eigenvalue weighted by Crippen LogP contribution is -2.51. The molecule has 0 aromatic heterocycles. The molecule has 7 heteroatoms. The SMILES string of the molecule is CCCN(CC(=O)NC(=O)NC1CCCCC1)C(C)C(=O)Nc1ccccc1. The van der Waals surface area contributed by atoms with Gasteiger partial charge in [0.2, 0.25) is 11.8 Å². The smallest absolute Gasteiger partial charge is 0.321 e. The number of hydrogen-bond acceptors (Lipinski definition) is 4. The van der Waals surface area contributed by atoms with Gasteiger partial charge in [-0.05, 0) is 44.9 Å². The number of benzene rings is 1. The van der Waals surface area contributed by atoms with E-state index in [1.54, 1.807) is 11.8 Å². The molecule has 1 atom stereocenters. The van der Waals surface area contributed by atoms with Gasteiger partial charge in [0.1, 0.15) is 0 Å². The summed E-state index contributed by atoms with van der Waals surface area (Å²) in [5.41, 5.74) is 0.715. The third-order valence-corrected chi connectivity index (χ3v) is 5.02. The highest BCUT2D eigenvalue weighted by Crippen LogP contribution is 2.17. The second kappa shape index (κ2) is 11.4. The van der Waals surface area contributed by atoms with Gasteiger partial charge in [-0.2, -0.15) is 0 Å². The van der Waals surface area contributed by atoms with E-state index in [9.17, 15) is 14.4 Å². The maximum Gasteiger partial charge on any atom is 0.321 e. The summed E-state index contributed by atoms with van der Waals surface area (Å²) in [4.78, 5) is 38.7. The zero-order chi connectivity index (χ0) is 20.4. The second-order valence-electron chi connectivity index (χ2n) is 7.36. The van der Waals surface area contributed by atoms with Crippen LogP contribution in [-0.2, 0) is 9.59 Å². The number of anilines is 1. The van der Waals surface area contributed by atoms with Gasteiger partial charge in [-0.15, -0.1) is 0 Å². The summed E-state index contributed by atoms with van der Waals surface area (Å²) < 4.78 is 0. The van der Waals surface area contributed by atoms with E-state index in [1.165, 1.54) is 6.42 Å². The van der Waals surface area contributed by atoms with Crippen molar-refractivity contribution in [3.05, 3.63) is 30.3 Å². The molecule has 0 saturated heterocycles. The van der Waals surface area contributed by atoms with Gasteiger partial charge in [-0.25, -0.2) is 4.79 Å². The number of urea groups is 1. The maximum atomic E-state index is 12.5. The lowest BCUT2D eigenvalue weighted by Gasteiger charge is -2.27. The lowest BCUT2D eigenvalue weighted by molar-refractivity contribution is -0.124. The van der Waals surface area contributed by atoms with Crippen molar-refractivity contribution >= 4 is 23.5 Å². The van der Waals surface area contributed by atoms with E-state index in [2.05, 4.69) is 16.0 Å². The van der Waals surface area contributed by atoms with Crippen molar-refractivity contribution in [3.8, 4) is 0 Å². The first kappa shape index (κ1) is 21.9. The van der Waals surface area contributed by atoms with Crippen LogP contribution in [0.2, 0.25) is 0 Å². The fraction of sp³-hybridized carbons (Fsp3) is 0.571. The van der Waals surface area contributed by atoms with Gasteiger partial charge < -0.3 is 10.6 Å². The molecule has 2 rings (SSSR count). The Hall–Kier alpha value is -2.41. The van der Waals surface area contributed by atoms with Crippen LogP contribution in [0.4, 0.5) is 10.5 Å². The standard InChI is InChI=1S/C21H32N4O3/c1-3-14-25(16(2)20(27)22-17-10-6-4-7-11-17)15-19(26)24-21(28)23-18-12-8-5-9-13-18/h4,6-7,10-11,16,18H,3,5,8-9,12-15H2,1-2H3,(H,22,27)(H2,23,24,26,28). The molecule has 0 radical (unpaired) electrons. The summed E-state index contributed by atoms with van der Waals surface area (Å²) in [5, 5.41) is 8.13. The molecule has 0 heterocycles. The minimum Gasteiger partial charge on any atom is -0.335 e. The van der Waals surface area contributed by atoms with Crippen LogP contribution < -0.4 is 16.0 Å². The van der Waals surface area contributed by atoms with Crippen molar-refractivity contribution in [2.24, 2.45) is 0 Å². The van der Waals surface area contributed by atoms with E-state index in [0.29, 0.717) is 12.2 Å². The Bertz CT molecular complexity index is 644. The molecule has 1 fully saturated rings. The first-order valence-electron chi connectivity index (χ1n) is 10.2. The van der Waals surface area contributed by atoms with Gasteiger partial charge in [0.05, 0.1) is 12.6 Å². The summed E-state index contributed by atoms with van der Waals surface area (Å²) in [6, 6.07) is 8.41. The van der Waals surface area contributed by atoms with Gasteiger partial charge >= 0.3 is 6.03 Å². The van der Waals surface area contributed by atoms with Crippen molar-refractivity contribution < 1.29 is 14.4 Å². The first-order valence-corrected chi connectivity index (χ1v) is 10.2. The molecule has 1 aromatic rings. The molecule has 1 aromatic carbocycles. The Morgan fingerprint density at radius 2 is 1.79 bits per heavy atom. The van der Waals surface area contributed by atoms with Crippen LogP contribution in [0.25, 0.3) is 0 Å². The highest BCUT2D eigenvalue weighted by atomic mass is 16.2. The molecule has 0 spiro atoms. The van der Waals surface area contributed by atoms with Gasteiger partial charge in [0, 0.05) is 11.7 Å². The second-order valence-corrected chi connectivity index (χ2v) is 7.36. The Balaban J connectivity index is 1.84. The summed E-state index contributed by atoms with van der Waals surface area (Å²) in [6.07, 6.45) is 6.13. The van der Waals surface area contributed by atoms with Crippen LogP contribution >= 0.6 is 0 Å². The zero-order valence-corrected chi connectivity index (χ0v) is 16.9. The first-order chi connectivity index (χ1) is 13.5. The fourth-order valence-corrected chi connectivity index (χ4v) is 3.45. The van der Waals surface area contributed by atoms with Crippen molar-refractivity contribution in [2.45, 2.75) is 64.5 Å². The third kappa shape index (κ3) is 7.31. The third-order valence-electron chi connectivity index (χ3n) is 5.02. The van der Waals surface area contributed by atoms with E-state index in [-0.39, 0.29) is 18.5 Å². The van der Waals surface area contributed by atoms with Crippen LogP contribution in [0.15, 0.2) is 30.3 Å². The molecule has 0 aliphatic heterocycles. The molecule has 3 N–H and O–H groups in total. The number of nitrogens with one attached hydrogen (secondary N) is 3. The quantitative estimate of drug-likeness (QED) is 0.639. The van der Waals surface area contributed by atoms with Gasteiger partial charge in [0.25, 0.3) is 0 Å². The highest BCUT2D eigenvalue weighted by molar-refractivity contribution is 5.97. The summed E-state index contributed by atoms with van der Waals surface area (Å²) >= 11 is 0. The number of rotatable bonds is 8. The predicted octanol–water partition coefficient (Wildman–Crippen LogP) is 2.88. The number of nitrogens with zero attached hydrogens (tertiary/aromatic N) is 1. The average Bonchev–Trinajstić information content (AvgIpc) is 2.68. The van der Waals surface area contributed by atoms with Crippen LogP contribution in [0, 0.1) is 0 Å². The number of hydrogen-bond donors (Lipinski definition) is 3. The zero-order valence-electron chi connectivity index (χ0n) is 16.9. The Morgan fingerprint density at radius 3 is 2.43 bits per heavy atom. The highest BCUT2D eigenvalue weighted by Gasteiger charge is 2.24. The fourth-order valence-electron chi connectivity index (χ4n) is 3.45. The molecule has 1 aliphatic rings. The number of carbonyl (C=O) groups excluding carboxylic acids is 3. The number of amides is 4. The van der Waals surface area contributed by atoms with Gasteiger partial charge in [0.15, 0.2) is 0 Å². The Kier molecular flexibility index (Phi) is 8.94. The van der Waals surface area contributed by atoms with Crippen molar-refractivity contribution in [1.29, 1.82) is 0 Å². The van der Waals surface area contributed by atoms with E-state index >= 15 is 0 Å². The monoisotopic (exact) mass is 388 g/mol. The van der Waals surface area contributed by atoms with Crippen molar-refractivity contribution in [1.82, 2.24) is 15.5 Å². The van der Waals surface area contributed by atoms with Gasteiger partial charge in [-0.1, -0.05) is 44.4 Å². The van der Waals surface area contributed by atoms with E-state index < -0.39 is 18.0 Å². The van der Waals surface area contributed by atoms with Crippen LogP contribution in [0.1, 0.15) is 52.4 Å². The molecule has 28 heavy (non-hydrogen) atoms. The minimum absolute atomic E-state index is 0.00466. The summed E-state index contributed by atoms with van der Waals surface area (Å²) in [5.74, 6) is -0.583. The van der Waals surface area contributed by atoms with Crippen LogP contribution in [-0.4, -0.2) is 47.9 Å². The molecule has 1 saturated carbocycles. The minimum atomic E-state index is -0.493. The van der Waals surface area contributed by atoms with Crippen LogP contribution in [0.5, 0.6) is 0 Å². The van der Waals surface area contributed by atoms with Crippen LogP contribution in [0.3, 0.4) is 0 Å². The van der Waals surface area contributed by atoms with E-state index in [0.717, 1.165) is 32.1 Å². The van der Waals surface area contributed by atoms with E-state index in [4.69, 9.17) is 0 Å². The molecule has 154 valence electrons. The van der Waals surface area contributed by atoms with Crippen molar-refractivity contribution in [3.63, 3.8) is 0 Å². The normalized spacial score (nSPS) is 15.7. The summed E-state index contributed by atoms with van der Waals surface area (Å²) in [7, 11) is 0. The molecule has 1 aliphatic carbocycles. The average molecular weight is 389 g/mol. The molecular weight excluding hydrogens is 356 g/mol. The predicted molar refractivity (Wildman–Crippen MR) is 110 cm³/mol. The van der Waals surface area contributed by atoms with E-state index in [1.807, 2.05) is 37.3 Å². The number of para-hydroxylation sites is 1. The van der Waals surface area contributed by atoms with Crippen molar-refractivity contribution in [2.75, 3.05) is 18.4 Å². The molecular formula is C21H32N4O3. The summed E-state index contributed by atoms with van der Waals surface area (Å²) in [6.45, 7) is 4.34. The Morgan fingerprint density at radius 1 is 1.11 bits per heavy atom. The number of carbonyl (C=O) groups is 3. The Labute approximate surface area is 167 Å². The molecule has 4 amide bonds. The molecule has 7 nitrogen and oxygen atoms in total. The maximum absolute atomic E-state index is 12.5. The molecule has 0 bridgehead atoms. The topological polar surface area (TPSA) is 90.5 Å². The van der Waals surface area contributed by atoms with Gasteiger partial charge in [-0.3, -0.25) is 19.8 Å². The number of imide groups is 1. The molecule has 1 unspecified atom stereocenters. The largest absolute Gasteiger partial charge is 0.335 e. The lowest BCUT2D eigenvalue weighted by atomic mass is 9.96.